The summed E-state index contributed by atoms with van der Waals surface area (Å²) >= 11 is 0. The molecule has 1 aromatic carbocycles. The van der Waals surface area contributed by atoms with E-state index in [0.717, 1.165) is 49.2 Å². The molecule has 0 bridgehead atoms. The number of anilines is 3. The smallest absolute Gasteiger partial charge is 0.410 e. The molecule has 0 N–H and O–H groups in total. The Labute approximate surface area is 189 Å². The van der Waals surface area contributed by atoms with Gasteiger partial charge in [0, 0.05) is 49.9 Å². The van der Waals surface area contributed by atoms with Gasteiger partial charge in [0.2, 0.25) is 5.95 Å². The number of carbonyl (C=O) groups excluding carboxylic acids is 1. The molecule has 8 nitrogen and oxygen atoms in total. The number of benzene rings is 1. The summed E-state index contributed by atoms with van der Waals surface area (Å²) in [5.41, 5.74) is 2.94. The van der Waals surface area contributed by atoms with Crippen molar-refractivity contribution in [2.24, 2.45) is 0 Å². The van der Waals surface area contributed by atoms with E-state index in [1.54, 1.807) is 4.90 Å². The molecule has 2 fully saturated rings. The van der Waals surface area contributed by atoms with Crippen molar-refractivity contribution < 1.29 is 14.3 Å². The van der Waals surface area contributed by atoms with E-state index in [-0.39, 0.29) is 12.0 Å². The number of carbonyl (C=O) groups is 1. The third-order valence-electron chi connectivity index (χ3n) is 6.13. The second-order valence-corrected chi connectivity index (χ2v) is 9.63. The fourth-order valence-electron chi connectivity index (χ4n) is 4.50. The lowest BCUT2D eigenvalue weighted by Crippen LogP contribution is -2.50. The van der Waals surface area contributed by atoms with Gasteiger partial charge < -0.3 is 24.2 Å². The average Bonchev–Trinajstić information content (AvgIpc) is 3.17. The zero-order valence-electron chi connectivity index (χ0n) is 19.1. The molecule has 32 heavy (non-hydrogen) atoms. The van der Waals surface area contributed by atoms with Gasteiger partial charge in [0.05, 0.1) is 18.9 Å². The molecule has 0 saturated carbocycles. The van der Waals surface area contributed by atoms with E-state index in [1.807, 2.05) is 26.8 Å². The topological polar surface area (TPSA) is 71.0 Å². The van der Waals surface area contributed by atoms with Crippen molar-refractivity contribution in [3.05, 3.63) is 41.6 Å². The number of fused-ring (bicyclic) bond motifs is 1. The summed E-state index contributed by atoms with van der Waals surface area (Å²) < 4.78 is 11.1. The van der Waals surface area contributed by atoms with Gasteiger partial charge in [0.1, 0.15) is 11.4 Å². The molecule has 0 aliphatic carbocycles. The minimum atomic E-state index is -0.488. The number of hydrogen-bond donors (Lipinski definition) is 0. The second kappa shape index (κ2) is 8.24. The van der Waals surface area contributed by atoms with E-state index in [2.05, 4.69) is 34.1 Å². The van der Waals surface area contributed by atoms with Gasteiger partial charge in [-0.2, -0.15) is 4.98 Å². The Hall–Kier alpha value is -2.87. The number of aromatic nitrogens is 2. The summed E-state index contributed by atoms with van der Waals surface area (Å²) in [6.45, 7) is 10.8. The predicted molar refractivity (Wildman–Crippen MR) is 123 cm³/mol. The predicted octanol–water partition coefficient (Wildman–Crippen LogP) is 3.34. The maximum atomic E-state index is 12.4. The Kier molecular flexibility index (Phi) is 5.41. The van der Waals surface area contributed by atoms with Crippen molar-refractivity contribution in [2.75, 3.05) is 55.7 Å². The van der Waals surface area contributed by atoms with E-state index in [9.17, 15) is 4.79 Å². The first-order chi connectivity index (χ1) is 15.4. The lowest BCUT2D eigenvalue weighted by atomic mass is 9.92. The number of hydrogen-bond acceptors (Lipinski definition) is 7. The molecule has 0 unspecified atom stereocenters. The molecule has 0 spiro atoms. The first-order valence-corrected chi connectivity index (χ1v) is 11.4. The zero-order valence-corrected chi connectivity index (χ0v) is 19.1. The van der Waals surface area contributed by atoms with E-state index in [1.165, 1.54) is 5.56 Å². The standard InChI is InChI=1S/C24H31N5O3/c1-24(2,3)32-23(30)28-15-17(16-28)20-19-9-10-29(18-7-5-4-6-8-18)21(19)26-22(25-20)27-11-13-31-14-12-27/h4-8,17H,9-16H2,1-3H3. The quantitative estimate of drug-likeness (QED) is 0.729. The van der Waals surface area contributed by atoms with Crippen LogP contribution >= 0.6 is 0 Å². The van der Waals surface area contributed by atoms with Crippen molar-refractivity contribution >= 4 is 23.5 Å². The van der Waals surface area contributed by atoms with Gasteiger partial charge >= 0.3 is 6.09 Å². The van der Waals surface area contributed by atoms with Crippen LogP contribution in [-0.4, -0.2) is 72.5 Å². The summed E-state index contributed by atoms with van der Waals surface area (Å²) in [4.78, 5) is 28.8. The van der Waals surface area contributed by atoms with Crippen molar-refractivity contribution in [3.8, 4) is 0 Å². The molecular weight excluding hydrogens is 406 g/mol. The molecular formula is C24H31N5O3. The Bertz CT molecular complexity index is 979. The normalized spacial score (nSPS) is 19.0. The lowest BCUT2D eigenvalue weighted by molar-refractivity contribution is 0.00781. The highest BCUT2D eigenvalue weighted by Gasteiger charge is 2.39. The van der Waals surface area contributed by atoms with Crippen LogP contribution in [0.2, 0.25) is 0 Å². The maximum Gasteiger partial charge on any atom is 0.410 e. The average molecular weight is 438 g/mol. The van der Waals surface area contributed by atoms with Crippen LogP contribution < -0.4 is 9.80 Å². The number of morpholine rings is 1. The molecule has 2 aromatic rings. The van der Waals surface area contributed by atoms with Gasteiger partial charge in [-0.1, -0.05) is 18.2 Å². The highest BCUT2D eigenvalue weighted by atomic mass is 16.6. The first-order valence-electron chi connectivity index (χ1n) is 11.4. The van der Waals surface area contributed by atoms with Crippen LogP contribution in [0, 0.1) is 0 Å². The molecule has 5 rings (SSSR count). The number of amides is 1. The summed E-state index contributed by atoms with van der Waals surface area (Å²) in [5.74, 6) is 1.97. The van der Waals surface area contributed by atoms with Crippen molar-refractivity contribution in [3.63, 3.8) is 0 Å². The molecule has 0 radical (unpaired) electrons. The van der Waals surface area contributed by atoms with Crippen LogP contribution in [0.15, 0.2) is 30.3 Å². The van der Waals surface area contributed by atoms with Gasteiger partial charge in [-0.3, -0.25) is 0 Å². The van der Waals surface area contributed by atoms with Gasteiger partial charge in [0.25, 0.3) is 0 Å². The van der Waals surface area contributed by atoms with Crippen LogP contribution in [0.5, 0.6) is 0 Å². The Morgan fingerprint density at radius 3 is 2.47 bits per heavy atom. The molecule has 3 aliphatic heterocycles. The van der Waals surface area contributed by atoms with Crippen molar-refractivity contribution in [2.45, 2.75) is 38.7 Å². The largest absolute Gasteiger partial charge is 0.444 e. The highest BCUT2D eigenvalue weighted by molar-refractivity contribution is 5.71. The van der Waals surface area contributed by atoms with Crippen molar-refractivity contribution in [1.29, 1.82) is 0 Å². The summed E-state index contributed by atoms with van der Waals surface area (Å²) in [6.07, 6.45) is 0.657. The van der Waals surface area contributed by atoms with E-state index >= 15 is 0 Å². The first kappa shape index (κ1) is 21.0. The summed E-state index contributed by atoms with van der Waals surface area (Å²) in [5, 5.41) is 0. The Morgan fingerprint density at radius 1 is 1.06 bits per heavy atom. The number of nitrogens with zero attached hydrogens (tertiary/aromatic N) is 5. The number of para-hydroxylation sites is 1. The Balaban J connectivity index is 1.44. The van der Waals surface area contributed by atoms with Crippen LogP contribution in [-0.2, 0) is 15.9 Å². The van der Waals surface area contributed by atoms with E-state index in [0.29, 0.717) is 26.3 Å². The summed E-state index contributed by atoms with van der Waals surface area (Å²) in [6, 6.07) is 10.4. The minimum absolute atomic E-state index is 0.204. The highest BCUT2D eigenvalue weighted by Crippen LogP contribution is 2.40. The molecule has 1 amide bonds. The SMILES string of the molecule is CC(C)(C)OC(=O)N1CC(c2nc(N3CCOCC3)nc3c2CCN3c2ccccc2)C1. The van der Waals surface area contributed by atoms with E-state index in [4.69, 9.17) is 19.4 Å². The lowest BCUT2D eigenvalue weighted by Gasteiger charge is -2.40. The molecule has 8 heteroatoms. The molecule has 2 saturated heterocycles. The van der Waals surface area contributed by atoms with Crippen LogP contribution in [0.1, 0.15) is 37.9 Å². The molecule has 3 aliphatic rings. The Morgan fingerprint density at radius 2 is 1.78 bits per heavy atom. The van der Waals surface area contributed by atoms with Gasteiger partial charge in [-0.05, 0) is 39.3 Å². The number of rotatable bonds is 3. The monoisotopic (exact) mass is 437 g/mol. The minimum Gasteiger partial charge on any atom is -0.444 e. The van der Waals surface area contributed by atoms with Gasteiger partial charge in [-0.15, -0.1) is 0 Å². The van der Waals surface area contributed by atoms with Crippen LogP contribution in [0.3, 0.4) is 0 Å². The fourth-order valence-corrected chi connectivity index (χ4v) is 4.50. The summed E-state index contributed by atoms with van der Waals surface area (Å²) in [7, 11) is 0. The van der Waals surface area contributed by atoms with Crippen LogP contribution in [0.25, 0.3) is 0 Å². The van der Waals surface area contributed by atoms with Gasteiger partial charge in [-0.25, -0.2) is 9.78 Å². The third-order valence-corrected chi connectivity index (χ3v) is 6.13. The van der Waals surface area contributed by atoms with Crippen molar-refractivity contribution in [1.82, 2.24) is 14.9 Å². The molecule has 4 heterocycles. The number of likely N-dealkylation sites (tertiary alicyclic amines) is 1. The molecule has 0 atom stereocenters. The van der Waals surface area contributed by atoms with Gasteiger partial charge in [0.15, 0.2) is 0 Å². The van der Waals surface area contributed by atoms with Crippen LogP contribution in [0.4, 0.5) is 22.2 Å². The zero-order chi connectivity index (χ0) is 22.3. The molecule has 170 valence electrons. The second-order valence-electron chi connectivity index (χ2n) is 9.63. The maximum absolute atomic E-state index is 12.4. The third kappa shape index (κ3) is 4.11. The number of ether oxygens (including phenoxy) is 2. The molecule has 1 aromatic heterocycles. The fraction of sp³-hybridized carbons (Fsp3) is 0.542. The van der Waals surface area contributed by atoms with E-state index < -0.39 is 5.60 Å².